The Morgan fingerprint density at radius 3 is 2.67 bits per heavy atom. The van der Waals surface area contributed by atoms with Crippen LogP contribution in [-0.4, -0.2) is 34.2 Å². The highest BCUT2D eigenvalue weighted by Crippen LogP contribution is 2.23. The fraction of sp³-hybridized carbons (Fsp3) is 0.727. The standard InChI is InChI=1S/C11H18N2O2/c1-7-8(2)12-13(9(7)3)10-6-15-5-4-11(10)14/h10-11,14H,4-6H2,1-3H3/t10-,11-/m0/s1. The number of aliphatic hydroxyl groups excluding tert-OH is 1. The fourth-order valence-electron chi connectivity index (χ4n) is 2.01. The van der Waals surface area contributed by atoms with E-state index in [1.54, 1.807) is 0 Å². The Hall–Kier alpha value is -0.870. The SMILES string of the molecule is Cc1nn([C@H]2COCC[C@@H]2O)c(C)c1C. The smallest absolute Gasteiger partial charge is 0.101 e. The highest BCUT2D eigenvalue weighted by molar-refractivity contribution is 5.22. The lowest BCUT2D eigenvalue weighted by atomic mass is 10.1. The lowest BCUT2D eigenvalue weighted by Crippen LogP contribution is -2.35. The van der Waals surface area contributed by atoms with Crippen molar-refractivity contribution in [2.24, 2.45) is 0 Å². The predicted molar refractivity (Wildman–Crippen MR) is 56.9 cm³/mol. The second kappa shape index (κ2) is 3.94. The van der Waals surface area contributed by atoms with Crippen LogP contribution in [0.3, 0.4) is 0 Å². The van der Waals surface area contributed by atoms with Gasteiger partial charge in [0.25, 0.3) is 0 Å². The molecule has 1 N–H and O–H groups in total. The molecule has 2 rings (SSSR count). The Kier molecular flexibility index (Phi) is 2.80. The van der Waals surface area contributed by atoms with Crippen LogP contribution in [0.25, 0.3) is 0 Å². The maximum Gasteiger partial charge on any atom is 0.101 e. The van der Waals surface area contributed by atoms with Crippen LogP contribution in [0.2, 0.25) is 0 Å². The summed E-state index contributed by atoms with van der Waals surface area (Å²) in [6.45, 7) is 7.30. The van der Waals surface area contributed by atoms with Crippen molar-refractivity contribution in [3.63, 3.8) is 0 Å². The second-order valence-electron chi connectivity index (χ2n) is 4.24. The molecule has 0 aliphatic carbocycles. The van der Waals surface area contributed by atoms with Crippen LogP contribution < -0.4 is 0 Å². The first kappa shape index (κ1) is 10.6. The molecule has 2 heterocycles. The first-order chi connectivity index (χ1) is 7.11. The molecule has 84 valence electrons. The quantitative estimate of drug-likeness (QED) is 0.756. The Labute approximate surface area is 89.9 Å². The van der Waals surface area contributed by atoms with Gasteiger partial charge < -0.3 is 9.84 Å². The molecule has 0 spiro atoms. The van der Waals surface area contributed by atoms with Gasteiger partial charge in [-0.1, -0.05) is 0 Å². The molecular weight excluding hydrogens is 192 g/mol. The largest absolute Gasteiger partial charge is 0.391 e. The maximum absolute atomic E-state index is 9.91. The first-order valence-electron chi connectivity index (χ1n) is 5.39. The van der Waals surface area contributed by atoms with E-state index in [0.29, 0.717) is 19.6 Å². The topological polar surface area (TPSA) is 47.3 Å². The van der Waals surface area contributed by atoms with E-state index < -0.39 is 0 Å². The van der Waals surface area contributed by atoms with Crippen LogP contribution in [0.5, 0.6) is 0 Å². The van der Waals surface area contributed by atoms with Crippen molar-refractivity contribution in [3.8, 4) is 0 Å². The summed E-state index contributed by atoms with van der Waals surface area (Å²) < 4.78 is 7.30. The molecule has 1 aliphatic heterocycles. The Morgan fingerprint density at radius 2 is 2.13 bits per heavy atom. The number of rotatable bonds is 1. The number of aryl methyl sites for hydroxylation is 1. The van der Waals surface area contributed by atoms with E-state index in [1.807, 2.05) is 18.5 Å². The van der Waals surface area contributed by atoms with Crippen LogP contribution in [0.15, 0.2) is 0 Å². The van der Waals surface area contributed by atoms with Crippen LogP contribution in [0.1, 0.15) is 29.4 Å². The van der Waals surface area contributed by atoms with Crippen LogP contribution in [0, 0.1) is 20.8 Å². The third-order valence-electron chi connectivity index (χ3n) is 3.29. The lowest BCUT2D eigenvalue weighted by molar-refractivity contribution is -0.0337. The Balaban J connectivity index is 2.31. The van der Waals surface area contributed by atoms with Gasteiger partial charge in [0.05, 0.1) is 18.4 Å². The number of hydrogen-bond donors (Lipinski definition) is 1. The van der Waals surface area contributed by atoms with E-state index in [2.05, 4.69) is 12.0 Å². The summed E-state index contributed by atoms with van der Waals surface area (Å²) in [5, 5.41) is 14.4. The van der Waals surface area contributed by atoms with Crippen molar-refractivity contribution < 1.29 is 9.84 Å². The normalized spacial score (nSPS) is 26.9. The van der Waals surface area contributed by atoms with Crippen molar-refractivity contribution in [3.05, 3.63) is 17.0 Å². The summed E-state index contributed by atoms with van der Waals surface area (Å²) >= 11 is 0. The Bertz CT molecular complexity index is 360. The minimum atomic E-state index is -0.337. The summed E-state index contributed by atoms with van der Waals surface area (Å²) in [6, 6.07) is -0.0221. The molecule has 1 aromatic rings. The number of nitrogens with zero attached hydrogens (tertiary/aromatic N) is 2. The molecule has 4 heteroatoms. The third-order valence-corrected chi connectivity index (χ3v) is 3.29. The minimum Gasteiger partial charge on any atom is -0.391 e. The predicted octanol–water partition coefficient (Wildman–Crippen LogP) is 1.13. The van der Waals surface area contributed by atoms with Gasteiger partial charge in [-0.2, -0.15) is 5.10 Å². The number of aromatic nitrogens is 2. The summed E-state index contributed by atoms with van der Waals surface area (Å²) in [5.74, 6) is 0. The third kappa shape index (κ3) is 1.79. The summed E-state index contributed by atoms with van der Waals surface area (Å²) in [7, 11) is 0. The monoisotopic (exact) mass is 210 g/mol. The van der Waals surface area contributed by atoms with Crippen molar-refractivity contribution in [2.45, 2.75) is 39.3 Å². The zero-order chi connectivity index (χ0) is 11.0. The molecule has 15 heavy (non-hydrogen) atoms. The zero-order valence-electron chi connectivity index (χ0n) is 9.53. The number of aliphatic hydroxyl groups is 1. The van der Waals surface area contributed by atoms with Gasteiger partial charge in [-0.25, -0.2) is 0 Å². The average Bonchev–Trinajstić information content (AvgIpc) is 2.47. The van der Waals surface area contributed by atoms with Crippen molar-refractivity contribution in [1.82, 2.24) is 9.78 Å². The van der Waals surface area contributed by atoms with E-state index in [4.69, 9.17) is 4.74 Å². The lowest BCUT2D eigenvalue weighted by Gasteiger charge is -2.28. The van der Waals surface area contributed by atoms with E-state index in [9.17, 15) is 5.11 Å². The van der Waals surface area contributed by atoms with Crippen LogP contribution in [-0.2, 0) is 4.74 Å². The van der Waals surface area contributed by atoms with Crippen LogP contribution in [0.4, 0.5) is 0 Å². The van der Waals surface area contributed by atoms with Crippen molar-refractivity contribution in [1.29, 1.82) is 0 Å². The van der Waals surface area contributed by atoms with Crippen LogP contribution >= 0.6 is 0 Å². The first-order valence-corrected chi connectivity index (χ1v) is 5.39. The molecule has 0 saturated carbocycles. The molecule has 0 unspecified atom stereocenters. The molecule has 1 aliphatic rings. The summed E-state index contributed by atoms with van der Waals surface area (Å²) in [4.78, 5) is 0. The molecule has 1 aromatic heterocycles. The average molecular weight is 210 g/mol. The van der Waals surface area contributed by atoms with Crippen molar-refractivity contribution >= 4 is 0 Å². The second-order valence-corrected chi connectivity index (χ2v) is 4.24. The Morgan fingerprint density at radius 1 is 1.40 bits per heavy atom. The molecule has 0 aromatic carbocycles. The van der Waals surface area contributed by atoms with Gasteiger partial charge in [0.15, 0.2) is 0 Å². The summed E-state index contributed by atoms with van der Waals surface area (Å²) in [5.41, 5.74) is 3.36. The van der Waals surface area contributed by atoms with Gasteiger partial charge in [0.1, 0.15) is 6.04 Å². The van der Waals surface area contributed by atoms with Gasteiger partial charge in [0, 0.05) is 12.3 Å². The molecule has 1 fully saturated rings. The van der Waals surface area contributed by atoms with E-state index in [-0.39, 0.29) is 12.1 Å². The van der Waals surface area contributed by atoms with Gasteiger partial charge in [0.2, 0.25) is 0 Å². The molecule has 0 bridgehead atoms. The van der Waals surface area contributed by atoms with Gasteiger partial charge in [-0.3, -0.25) is 4.68 Å². The minimum absolute atomic E-state index is 0.0221. The molecule has 4 nitrogen and oxygen atoms in total. The zero-order valence-corrected chi connectivity index (χ0v) is 9.53. The number of ether oxygens (including phenoxy) is 1. The summed E-state index contributed by atoms with van der Waals surface area (Å²) in [6.07, 6.45) is 0.360. The fourth-order valence-corrected chi connectivity index (χ4v) is 2.01. The van der Waals surface area contributed by atoms with E-state index in [0.717, 1.165) is 11.4 Å². The van der Waals surface area contributed by atoms with Gasteiger partial charge in [-0.05, 0) is 32.8 Å². The maximum atomic E-state index is 9.91. The van der Waals surface area contributed by atoms with E-state index in [1.165, 1.54) is 5.56 Å². The van der Waals surface area contributed by atoms with Gasteiger partial charge >= 0.3 is 0 Å². The number of hydrogen-bond acceptors (Lipinski definition) is 3. The molecular formula is C11H18N2O2. The highest BCUT2D eigenvalue weighted by Gasteiger charge is 2.27. The molecule has 1 saturated heterocycles. The highest BCUT2D eigenvalue weighted by atomic mass is 16.5. The molecule has 2 atom stereocenters. The van der Waals surface area contributed by atoms with Crippen molar-refractivity contribution in [2.75, 3.05) is 13.2 Å². The van der Waals surface area contributed by atoms with E-state index >= 15 is 0 Å². The molecule has 0 radical (unpaired) electrons. The van der Waals surface area contributed by atoms with Gasteiger partial charge in [-0.15, -0.1) is 0 Å². The molecule has 0 amide bonds.